The van der Waals surface area contributed by atoms with Gasteiger partial charge < -0.3 is 10.1 Å². The molecule has 0 aliphatic rings. The summed E-state index contributed by atoms with van der Waals surface area (Å²) < 4.78 is 5.29. The van der Waals surface area contributed by atoms with Gasteiger partial charge in [0.2, 0.25) is 0 Å². The van der Waals surface area contributed by atoms with Gasteiger partial charge in [-0.3, -0.25) is 5.43 Å². The number of rotatable bonds is 4. The molecule has 2 N–H and O–H groups in total. The number of nitrogens with zero attached hydrogens (tertiary/aromatic N) is 1. The second kappa shape index (κ2) is 8.12. The molecule has 0 aromatic heterocycles. The molecule has 5 heteroatoms. The van der Waals surface area contributed by atoms with Gasteiger partial charge in [0.25, 0.3) is 0 Å². The van der Waals surface area contributed by atoms with Crippen molar-refractivity contribution in [2.45, 2.75) is 33.1 Å². The maximum absolute atomic E-state index is 5.30. The molecule has 0 aliphatic heterocycles. The first-order valence-corrected chi connectivity index (χ1v) is 8.57. The zero-order chi connectivity index (χ0) is 18.4. The Bertz CT molecular complexity index is 761. The number of ether oxygens (including phenoxy) is 1. The molecule has 0 fully saturated rings. The molecule has 25 heavy (non-hydrogen) atoms. The van der Waals surface area contributed by atoms with Crippen LogP contribution in [0.5, 0.6) is 5.75 Å². The van der Waals surface area contributed by atoms with Crippen molar-refractivity contribution in [2.24, 2.45) is 5.10 Å². The summed E-state index contributed by atoms with van der Waals surface area (Å²) in [5, 5.41) is 7.86. The topological polar surface area (TPSA) is 45.6 Å². The van der Waals surface area contributed by atoms with Crippen molar-refractivity contribution in [3.63, 3.8) is 0 Å². The number of benzene rings is 2. The quantitative estimate of drug-likeness (QED) is 0.474. The molecule has 2 aromatic carbocycles. The lowest BCUT2D eigenvalue weighted by molar-refractivity contribution is 0.417. The van der Waals surface area contributed by atoms with Crippen LogP contribution in [-0.2, 0) is 5.41 Å². The van der Waals surface area contributed by atoms with Crippen molar-refractivity contribution >= 4 is 28.7 Å². The van der Waals surface area contributed by atoms with E-state index in [1.54, 1.807) is 7.11 Å². The maximum Gasteiger partial charge on any atom is 0.191 e. The predicted octanol–water partition coefficient (Wildman–Crippen LogP) is 4.70. The third kappa shape index (κ3) is 5.29. The second-order valence-corrected chi connectivity index (χ2v) is 7.20. The number of anilines is 1. The van der Waals surface area contributed by atoms with Crippen LogP contribution in [0.3, 0.4) is 0 Å². The Kier molecular flexibility index (Phi) is 6.15. The largest absolute Gasteiger partial charge is 0.495 e. The minimum absolute atomic E-state index is 0.141. The molecule has 0 amide bonds. The molecule has 0 unspecified atom stereocenters. The minimum atomic E-state index is 0.141. The van der Waals surface area contributed by atoms with Gasteiger partial charge in [-0.15, -0.1) is 0 Å². The van der Waals surface area contributed by atoms with Crippen LogP contribution in [0.15, 0.2) is 53.6 Å². The maximum atomic E-state index is 5.30. The molecular weight excluding hydrogens is 330 g/mol. The van der Waals surface area contributed by atoms with E-state index >= 15 is 0 Å². The van der Waals surface area contributed by atoms with E-state index in [2.05, 4.69) is 60.9 Å². The van der Waals surface area contributed by atoms with Crippen LogP contribution in [0.25, 0.3) is 0 Å². The van der Waals surface area contributed by atoms with Gasteiger partial charge in [-0.2, -0.15) is 5.10 Å². The summed E-state index contributed by atoms with van der Waals surface area (Å²) in [7, 11) is 1.63. The Morgan fingerprint density at radius 1 is 1.04 bits per heavy atom. The normalized spacial score (nSPS) is 11.8. The number of methoxy groups -OCH3 is 1. The average molecular weight is 356 g/mol. The fourth-order valence-corrected chi connectivity index (χ4v) is 2.46. The Labute approximate surface area is 155 Å². The summed E-state index contributed by atoms with van der Waals surface area (Å²) >= 11 is 5.30. The van der Waals surface area contributed by atoms with Gasteiger partial charge in [0.05, 0.1) is 18.5 Å². The highest BCUT2D eigenvalue weighted by Gasteiger charge is 2.13. The molecule has 2 aromatic rings. The molecule has 132 valence electrons. The highest BCUT2D eigenvalue weighted by molar-refractivity contribution is 7.80. The standard InChI is InChI=1S/C20H25N3OS/c1-14(15-10-12-16(13-11-15)20(2,3)4)22-23-19(25)21-17-8-6-7-9-18(17)24-5/h6-13H,1-5H3,(H2,21,23,25)/b22-14-. The summed E-state index contributed by atoms with van der Waals surface area (Å²) in [4.78, 5) is 0. The lowest BCUT2D eigenvalue weighted by Gasteiger charge is -2.19. The number of para-hydroxylation sites is 2. The summed E-state index contributed by atoms with van der Waals surface area (Å²) in [6.07, 6.45) is 0. The Morgan fingerprint density at radius 3 is 2.28 bits per heavy atom. The molecule has 0 heterocycles. The Hall–Kier alpha value is -2.40. The van der Waals surface area contributed by atoms with Gasteiger partial charge in [0.1, 0.15) is 5.75 Å². The summed E-state index contributed by atoms with van der Waals surface area (Å²) in [6, 6.07) is 16.0. The first kappa shape index (κ1) is 18.9. The van der Waals surface area contributed by atoms with E-state index in [0.717, 1.165) is 22.7 Å². The second-order valence-electron chi connectivity index (χ2n) is 6.79. The van der Waals surface area contributed by atoms with E-state index in [-0.39, 0.29) is 5.41 Å². The number of thiocarbonyl (C=S) groups is 1. The van der Waals surface area contributed by atoms with Gasteiger partial charge >= 0.3 is 0 Å². The molecule has 0 saturated heterocycles. The minimum Gasteiger partial charge on any atom is -0.495 e. The van der Waals surface area contributed by atoms with Crippen LogP contribution in [0.4, 0.5) is 5.69 Å². The Morgan fingerprint density at radius 2 is 1.68 bits per heavy atom. The van der Waals surface area contributed by atoms with E-state index in [0.29, 0.717) is 5.11 Å². The van der Waals surface area contributed by atoms with Crippen molar-refractivity contribution in [3.8, 4) is 5.75 Å². The van der Waals surface area contributed by atoms with Crippen molar-refractivity contribution in [1.82, 2.24) is 5.43 Å². The van der Waals surface area contributed by atoms with Crippen molar-refractivity contribution in [3.05, 3.63) is 59.7 Å². The number of nitrogens with one attached hydrogen (secondary N) is 2. The fraction of sp³-hybridized carbons (Fsp3) is 0.300. The lowest BCUT2D eigenvalue weighted by Crippen LogP contribution is -2.25. The molecule has 0 saturated carbocycles. The lowest BCUT2D eigenvalue weighted by atomic mass is 9.86. The van der Waals surface area contributed by atoms with E-state index in [9.17, 15) is 0 Å². The summed E-state index contributed by atoms with van der Waals surface area (Å²) in [5.74, 6) is 0.727. The Balaban J connectivity index is 2.02. The first-order chi connectivity index (χ1) is 11.8. The first-order valence-electron chi connectivity index (χ1n) is 8.16. The molecule has 2 rings (SSSR count). The van der Waals surface area contributed by atoms with Gasteiger partial charge in [-0.1, -0.05) is 57.2 Å². The molecule has 4 nitrogen and oxygen atoms in total. The van der Waals surface area contributed by atoms with E-state index in [4.69, 9.17) is 17.0 Å². The molecule has 0 spiro atoms. The van der Waals surface area contributed by atoms with Gasteiger partial charge in [-0.25, -0.2) is 0 Å². The van der Waals surface area contributed by atoms with Crippen LogP contribution in [0, 0.1) is 0 Å². The number of hydrazone groups is 1. The van der Waals surface area contributed by atoms with Crippen LogP contribution in [0.2, 0.25) is 0 Å². The third-order valence-corrected chi connectivity index (χ3v) is 4.04. The smallest absolute Gasteiger partial charge is 0.191 e. The van der Waals surface area contributed by atoms with Crippen LogP contribution >= 0.6 is 12.2 Å². The molecule has 0 atom stereocenters. The molecular formula is C20H25N3OS. The average Bonchev–Trinajstić information content (AvgIpc) is 2.59. The predicted molar refractivity (Wildman–Crippen MR) is 110 cm³/mol. The van der Waals surface area contributed by atoms with E-state index in [1.807, 2.05) is 31.2 Å². The van der Waals surface area contributed by atoms with Crippen molar-refractivity contribution < 1.29 is 4.74 Å². The van der Waals surface area contributed by atoms with Gasteiger partial charge in [-0.05, 0) is 47.8 Å². The van der Waals surface area contributed by atoms with Crippen LogP contribution < -0.4 is 15.5 Å². The van der Waals surface area contributed by atoms with Crippen molar-refractivity contribution in [2.75, 3.05) is 12.4 Å². The molecule has 0 radical (unpaired) electrons. The SMILES string of the molecule is COc1ccccc1NC(=S)N/N=C(/C)c1ccc(C(C)(C)C)cc1. The van der Waals surface area contributed by atoms with Crippen molar-refractivity contribution in [1.29, 1.82) is 0 Å². The zero-order valence-corrected chi connectivity index (χ0v) is 16.2. The summed E-state index contributed by atoms with van der Waals surface area (Å²) in [6.45, 7) is 8.55. The number of hydrogen-bond donors (Lipinski definition) is 2. The zero-order valence-electron chi connectivity index (χ0n) is 15.4. The highest BCUT2D eigenvalue weighted by Crippen LogP contribution is 2.23. The highest BCUT2D eigenvalue weighted by atomic mass is 32.1. The third-order valence-electron chi connectivity index (χ3n) is 3.85. The van der Waals surface area contributed by atoms with Gasteiger partial charge in [0, 0.05) is 0 Å². The van der Waals surface area contributed by atoms with E-state index < -0.39 is 0 Å². The number of hydrogen-bond acceptors (Lipinski definition) is 3. The molecule has 0 bridgehead atoms. The van der Waals surface area contributed by atoms with Crippen LogP contribution in [-0.4, -0.2) is 17.9 Å². The summed E-state index contributed by atoms with van der Waals surface area (Å²) in [5.41, 5.74) is 7.03. The molecule has 0 aliphatic carbocycles. The fourth-order valence-electron chi connectivity index (χ4n) is 2.31. The van der Waals surface area contributed by atoms with E-state index in [1.165, 1.54) is 5.56 Å². The van der Waals surface area contributed by atoms with Gasteiger partial charge in [0.15, 0.2) is 5.11 Å². The monoisotopic (exact) mass is 355 g/mol. The van der Waals surface area contributed by atoms with Crippen LogP contribution in [0.1, 0.15) is 38.8 Å².